The van der Waals surface area contributed by atoms with Gasteiger partial charge < -0.3 is 5.32 Å². The largest absolute Gasteiger partial charge is 0.316 e. The van der Waals surface area contributed by atoms with E-state index in [4.69, 9.17) is 0 Å². The maximum absolute atomic E-state index is 3.83. The first-order chi connectivity index (χ1) is 9.00. The number of hydrogen-bond acceptors (Lipinski definition) is 1. The van der Waals surface area contributed by atoms with E-state index in [0.717, 1.165) is 23.2 Å². The topological polar surface area (TPSA) is 12.0 Å². The van der Waals surface area contributed by atoms with Crippen LogP contribution < -0.4 is 5.32 Å². The summed E-state index contributed by atoms with van der Waals surface area (Å²) in [7, 11) is 0. The Labute approximate surface area is 119 Å². The molecular formula is C18H33N. The Kier molecular flexibility index (Phi) is 3.71. The summed E-state index contributed by atoms with van der Waals surface area (Å²) in [4.78, 5) is 0. The summed E-state index contributed by atoms with van der Waals surface area (Å²) in [6.07, 6.45) is 11.9. The molecule has 3 rings (SSSR count). The molecule has 0 aliphatic heterocycles. The average Bonchev–Trinajstić information content (AvgIpc) is 3.22. The van der Waals surface area contributed by atoms with E-state index in [1.54, 1.807) is 0 Å². The predicted molar refractivity (Wildman–Crippen MR) is 82.2 cm³/mol. The van der Waals surface area contributed by atoms with Crippen molar-refractivity contribution in [2.75, 3.05) is 13.1 Å². The Morgan fingerprint density at radius 1 is 0.947 bits per heavy atom. The molecule has 0 bridgehead atoms. The minimum Gasteiger partial charge on any atom is -0.316 e. The van der Waals surface area contributed by atoms with Gasteiger partial charge in [-0.1, -0.05) is 20.8 Å². The lowest BCUT2D eigenvalue weighted by Gasteiger charge is -2.37. The second-order valence-electron chi connectivity index (χ2n) is 8.85. The maximum atomic E-state index is 3.83. The van der Waals surface area contributed by atoms with Gasteiger partial charge in [-0.2, -0.15) is 0 Å². The highest BCUT2D eigenvalue weighted by Crippen LogP contribution is 2.60. The molecule has 0 saturated heterocycles. The van der Waals surface area contributed by atoms with Gasteiger partial charge in [-0.25, -0.2) is 0 Å². The molecule has 0 atom stereocenters. The monoisotopic (exact) mass is 263 g/mol. The molecule has 0 aromatic rings. The summed E-state index contributed by atoms with van der Waals surface area (Å²) in [5.74, 6) is 3.04. The van der Waals surface area contributed by atoms with Crippen molar-refractivity contribution in [3.8, 4) is 0 Å². The van der Waals surface area contributed by atoms with Gasteiger partial charge in [0.05, 0.1) is 0 Å². The van der Waals surface area contributed by atoms with Crippen LogP contribution in [0.15, 0.2) is 0 Å². The van der Waals surface area contributed by atoms with Gasteiger partial charge in [0.2, 0.25) is 0 Å². The molecule has 3 aliphatic rings. The average molecular weight is 263 g/mol. The summed E-state index contributed by atoms with van der Waals surface area (Å²) in [5.41, 5.74) is 1.31. The summed E-state index contributed by atoms with van der Waals surface area (Å²) in [5, 5.41) is 3.83. The van der Waals surface area contributed by atoms with Crippen LogP contribution in [-0.2, 0) is 0 Å². The van der Waals surface area contributed by atoms with Crippen LogP contribution in [0.5, 0.6) is 0 Å². The number of hydrogen-bond donors (Lipinski definition) is 1. The van der Waals surface area contributed by atoms with Crippen LogP contribution in [-0.4, -0.2) is 13.1 Å². The number of nitrogens with one attached hydrogen (secondary N) is 1. The maximum Gasteiger partial charge on any atom is 0.00106 e. The van der Waals surface area contributed by atoms with Gasteiger partial charge in [0, 0.05) is 6.54 Å². The summed E-state index contributed by atoms with van der Waals surface area (Å²) >= 11 is 0. The van der Waals surface area contributed by atoms with Gasteiger partial charge in [0.25, 0.3) is 0 Å². The van der Waals surface area contributed by atoms with Crippen LogP contribution in [0.2, 0.25) is 0 Å². The molecule has 0 radical (unpaired) electrons. The van der Waals surface area contributed by atoms with Gasteiger partial charge >= 0.3 is 0 Å². The van der Waals surface area contributed by atoms with E-state index in [1.165, 1.54) is 64.5 Å². The third-order valence-corrected chi connectivity index (χ3v) is 6.32. The minimum atomic E-state index is 0.530. The molecular weight excluding hydrogens is 230 g/mol. The third-order valence-electron chi connectivity index (χ3n) is 6.32. The van der Waals surface area contributed by atoms with Gasteiger partial charge in [0.1, 0.15) is 0 Å². The van der Waals surface area contributed by atoms with E-state index in [1.807, 2.05) is 0 Å². The summed E-state index contributed by atoms with van der Waals surface area (Å²) < 4.78 is 0. The van der Waals surface area contributed by atoms with Crippen molar-refractivity contribution < 1.29 is 0 Å². The molecule has 0 amide bonds. The Balaban J connectivity index is 1.34. The first-order valence-electron chi connectivity index (χ1n) is 8.70. The zero-order chi connectivity index (χ0) is 13.5. The molecule has 1 nitrogen and oxygen atoms in total. The van der Waals surface area contributed by atoms with Gasteiger partial charge in [-0.3, -0.25) is 0 Å². The van der Waals surface area contributed by atoms with E-state index >= 15 is 0 Å². The van der Waals surface area contributed by atoms with Crippen LogP contribution in [0.25, 0.3) is 0 Å². The fourth-order valence-electron chi connectivity index (χ4n) is 4.34. The van der Waals surface area contributed by atoms with Crippen molar-refractivity contribution in [2.45, 2.75) is 72.1 Å². The molecule has 110 valence electrons. The fourth-order valence-corrected chi connectivity index (χ4v) is 4.34. The fraction of sp³-hybridized carbons (Fsp3) is 1.00. The molecule has 0 heterocycles. The molecule has 1 heteroatoms. The van der Waals surface area contributed by atoms with E-state index in [0.29, 0.717) is 5.41 Å². The van der Waals surface area contributed by atoms with Gasteiger partial charge in [-0.05, 0) is 86.5 Å². The molecule has 3 saturated carbocycles. The van der Waals surface area contributed by atoms with E-state index < -0.39 is 0 Å². The van der Waals surface area contributed by atoms with Crippen molar-refractivity contribution in [3.63, 3.8) is 0 Å². The lowest BCUT2D eigenvalue weighted by molar-refractivity contribution is 0.148. The van der Waals surface area contributed by atoms with Crippen LogP contribution in [0, 0.1) is 28.6 Å². The van der Waals surface area contributed by atoms with Crippen LogP contribution in [0.1, 0.15) is 72.1 Å². The van der Waals surface area contributed by atoms with Crippen molar-refractivity contribution in [3.05, 3.63) is 0 Å². The Morgan fingerprint density at radius 3 is 2.05 bits per heavy atom. The highest BCUT2D eigenvalue weighted by Gasteiger charge is 2.53. The van der Waals surface area contributed by atoms with E-state index in [9.17, 15) is 0 Å². The lowest BCUT2D eigenvalue weighted by Crippen LogP contribution is -2.33. The van der Waals surface area contributed by atoms with Crippen molar-refractivity contribution in [1.82, 2.24) is 5.32 Å². The van der Waals surface area contributed by atoms with Crippen LogP contribution >= 0.6 is 0 Å². The third kappa shape index (κ3) is 3.35. The molecule has 0 unspecified atom stereocenters. The van der Waals surface area contributed by atoms with Gasteiger partial charge in [0.15, 0.2) is 0 Å². The zero-order valence-electron chi connectivity index (χ0n) is 13.3. The van der Waals surface area contributed by atoms with Crippen LogP contribution in [0.4, 0.5) is 0 Å². The summed E-state index contributed by atoms with van der Waals surface area (Å²) in [6, 6.07) is 0. The standard InChI is InChI=1S/C18H33N/c1-17(2,3)15-6-4-14(5-7-15)12-19-13-18(10-11-18)16-8-9-16/h14-16,19H,4-13H2,1-3H3. The quantitative estimate of drug-likeness (QED) is 0.763. The lowest BCUT2D eigenvalue weighted by atomic mass is 9.70. The predicted octanol–water partition coefficient (Wildman–Crippen LogP) is 4.62. The molecule has 3 aliphatic carbocycles. The summed E-state index contributed by atoms with van der Waals surface area (Å²) in [6.45, 7) is 9.89. The smallest absolute Gasteiger partial charge is 0.00106 e. The Bertz CT molecular complexity index is 298. The van der Waals surface area contributed by atoms with Gasteiger partial charge in [-0.15, -0.1) is 0 Å². The van der Waals surface area contributed by atoms with Crippen molar-refractivity contribution in [1.29, 1.82) is 0 Å². The van der Waals surface area contributed by atoms with Crippen LogP contribution in [0.3, 0.4) is 0 Å². The zero-order valence-corrected chi connectivity index (χ0v) is 13.3. The van der Waals surface area contributed by atoms with E-state index in [-0.39, 0.29) is 0 Å². The second kappa shape index (κ2) is 5.06. The Morgan fingerprint density at radius 2 is 1.58 bits per heavy atom. The molecule has 1 N–H and O–H groups in total. The number of rotatable bonds is 5. The minimum absolute atomic E-state index is 0.530. The first kappa shape index (κ1) is 13.9. The first-order valence-corrected chi connectivity index (χ1v) is 8.70. The van der Waals surface area contributed by atoms with E-state index in [2.05, 4.69) is 26.1 Å². The Hall–Kier alpha value is -0.0400. The SMILES string of the molecule is CC(C)(C)C1CCC(CNCC2(C3CC3)CC2)CC1. The molecule has 0 spiro atoms. The van der Waals surface area contributed by atoms with Crippen molar-refractivity contribution in [2.24, 2.45) is 28.6 Å². The second-order valence-corrected chi connectivity index (χ2v) is 8.85. The molecule has 3 fully saturated rings. The van der Waals surface area contributed by atoms with Crippen molar-refractivity contribution >= 4 is 0 Å². The molecule has 19 heavy (non-hydrogen) atoms. The normalized spacial score (nSPS) is 34.3. The highest BCUT2D eigenvalue weighted by atomic mass is 14.9. The molecule has 0 aromatic heterocycles. The molecule has 0 aromatic carbocycles. The highest BCUT2D eigenvalue weighted by molar-refractivity contribution is 5.05.